The van der Waals surface area contributed by atoms with Crippen LogP contribution >= 0.6 is 0 Å². The van der Waals surface area contributed by atoms with Crippen molar-refractivity contribution in [2.45, 2.75) is 0 Å². The summed E-state index contributed by atoms with van der Waals surface area (Å²) in [5.74, 6) is 0.0461. The van der Waals surface area contributed by atoms with Crippen molar-refractivity contribution in [3.8, 4) is 11.6 Å². The highest BCUT2D eigenvalue weighted by Crippen LogP contribution is 2.24. The van der Waals surface area contributed by atoms with E-state index in [9.17, 15) is 14.5 Å². The minimum atomic E-state index is -0.696. The summed E-state index contributed by atoms with van der Waals surface area (Å²) >= 11 is 0. The van der Waals surface area contributed by atoms with E-state index in [0.29, 0.717) is 35.7 Å². The first kappa shape index (κ1) is 20.2. The number of imidazole rings is 1. The lowest BCUT2D eigenvalue weighted by Gasteiger charge is -2.10. The summed E-state index contributed by atoms with van der Waals surface area (Å²) in [7, 11) is 1.60. The summed E-state index contributed by atoms with van der Waals surface area (Å²) < 4.78 is 26.3. The van der Waals surface area contributed by atoms with Crippen LogP contribution < -0.4 is 10.1 Å². The summed E-state index contributed by atoms with van der Waals surface area (Å²) in [5.41, 5.74) is 1.37. The number of rotatable bonds is 8. The van der Waals surface area contributed by atoms with Gasteiger partial charge in [-0.15, -0.1) is 0 Å². The van der Waals surface area contributed by atoms with Gasteiger partial charge in [-0.2, -0.15) is 4.98 Å². The van der Waals surface area contributed by atoms with Crippen molar-refractivity contribution in [3.63, 3.8) is 0 Å². The number of nitrogens with zero attached hydrogens (tertiary/aromatic N) is 5. The number of nitrogens with one attached hydrogen (secondary N) is 1. The van der Waals surface area contributed by atoms with Crippen molar-refractivity contribution >= 4 is 28.4 Å². The number of halogens is 1. The number of nitro groups is 1. The maximum Gasteiger partial charge on any atom is 0.271 e. The molecule has 0 unspecified atom stereocenters. The largest absolute Gasteiger partial charge is 0.491 e. The fourth-order valence-electron chi connectivity index (χ4n) is 2.87. The monoisotopic (exact) mass is 424 g/mol. The van der Waals surface area contributed by atoms with Crippen LogP contribution in [0.1, 0.15) is 0 Å². The lowest BCUT2D eigenvalue weighted by atomic mass is 10.3. The maximum absolute atomic E-state index is 14.5. The van der Waals surface area contributed by atoms with Crippen LogP contribution in [-0.4, -0.2) is 44.8 Å². The third-order valence-corrected chi connectivity index (χ3v) is 4.36. The SMILES string of the molecule is COCCOc1ccc(Nc2ncc(F)c(-n3cnc4ccc([N+](=O)[O-])cc43)n2)cc1. The van der Waals surface area contributed by atoms with Gasteiger partial charge in [-0.05, 0) is 30.3 Å². The van der Waals surface area contributed by atoms with Crippen LogP contribution in [0.2, 0.25) is 0 Å². The first-order chi connectivity index (χ1) is 15.0. The molecule has 0 saturated heterocycles. The molecule has 1 N–H and O–H groups in total. The Bertz CT molecular complexity index is 1230. The van der Waals surface area contributed by atoms with Crippen LogP contribution in [0.3, 0.4) is 0 Å². The van der Waals surface area contributed by atoms with Gasteiger partial charge in [0.15, 0.2) is 11.6 Å². The number of anilines is 2. The van der Waals surface area contributed by atoms with Crippen LogP contribution in [0, 0.1) is 15.9 Å². The lowest BCUT2D eigenvalue weighted by molar-refractivity contribution is -0.384. The first-order valence-electron chi connectivity index (χ1n) is 9.18. The summed E-state index contributed by atoms with van der Waals surface area (Å²) in [6.45, 7) is 0.920. The molecule has 158 valence electrons. The molecule has 11 heteroatoms. The highest BCUT2D eigenvalue weighted by Gasteiger charge is 2.16. The molecule has 0 fully saturated rings. The minimum absolute atomic E-state index is 0.0833. The number of benzene rings is 2. The Hall–Kier alpha value is -4.12. The van der Waals surface area contributed by atoms with Crippen LogP contribution in [0.25, 0.3) is 16.9 Å². The summed E-state index contributed by atoms with van der Waals surface area (Å²) in [6, 6.07) is 11.2. The van der Waals surface area contributed by atoms with Crippen molar-refractivity contribution < 1.29 is 18.8 Å². The molecule has 31 heavy (non-hydrogen) atoms. The highest BCUT2D eigenvalue weighted by atomic mass is 19.1. The Morgan fingerprint density at radius 1 is 1.16 bits per heavy atom. The molecule has 0 atom stereocenters. The molecule has 2 heterocycles. The van der Waals surface area contributed by atoms with Gasteiger partial charge in [-0.25, -0.2) is 14.4 Å². The number of ether oxygens (including phenoxy) is 2. The standard InChI is InChI=1S/C20H17FN6O4/c1-30-8-9-31-15-5-2-13(3-6-15)24-20-22-11-16(21)19(25-20)26-12-23-17-7-4-14(27(28)29)10-18(17)26/h2-7,10-12H,8-9H2,1H3,(H,22,24,25). The summed E-state index contributed by atoms with van der Waals surface area (Å²) in [6.07, 6.45) is 2.38. The molecule has 0 bridgehead atoms. The van der Waals surface area contributed by atoms with E-state index in [2.05, 4.69) is 20.3 Å². The molecule has 4 aromatic rings. The number of nitro benzene ring substituents is 1. The van der Waals surface area contributed by atoms with E-state index in [4.69, 9.17) is 9.47 Å². The molecule has 0 saturated carbocycles. The molecule has 0 spiro atoms. The van der Waals surface area contributed by atoms with Gasteiger partial charge in [0.05, 0.1) is 28.8 Å². The van der Waals surface area contributed by atoms with E-state index in [1.165, 1.54) is 29.1 Å². The second-order valence-corrected chi connectivity index (χ2v) is 6.40. The van der Waals surface area contributed by atoms with E-state index < -0.39 is 10.7 Å². The molecule has 0 radical (unpaired) electrons. The average molecular weight is 424 g/mol. The fraction of sp³-hybridized carbons (Fsp3) is 0.150. The molecule has 2 aromatic heterocycles. The molecule has 0 amide bonds. The molecule has 10 nitrogen and oxygen atoms in total. The van der Waals surface area contributed by atoms with E-state index in [1.54, 1.807) is 31.4 Å². The predicted octanol–water partition coefficient (Wildman–Crippen LogP) is 3.63. The number of aromatic nitrogens is 4. The molecule has 2 aromatic carbocycles. The molecular weight excluding hydrogens is 407 g/mol. The van der Waals surface area contributed by atoms with Crippen LogP contribution in [0.5, 0.6) is 5.75 Å². The van der Waals surface area contributed by atoms with Gasteiger partial charge >= 0.3 is 0 Å². The molecule has 4 rings (SSSR count). The quantitative estimate of drug-likeness (QED) is 0.259. The van der Waals surface area contributed by atoms with Crippen molar-refractivity contribution in [1.29, 1.82) is 0 Å². The second-order valence-electron chi connectivity index (χ2n) is 6.40. The number of non-ortho nitro benzene ring substituents is 1. The van der Waals surface area contributed by atoms with Gasteiger partial charge in [-0.3, -0.25) is 14.7 Å². The minimum Gasteiger partial charge on any atom is -0.491 e. The van der Waals surface area contributed by atoms with Gasteiger partial charge in [-0.1, -0.05) is 0 Å². The first-order valence-corrected chi connectivity index (χ1v) is 9.18. The van der Waals surface area contributed by atoms with E-state index >= 15 is 0 Å². The van der Waals surface area contributed by atoms with Crippen LogP contribution in [-0.2, 0) is 4.74 Å². The molecule has 0 aliphatic rings. The Kier molecular flexibility index (Phi) is 5.67. The normalized spacial score (nSPS) is 10.9. The second kappa shape index (κ2) is 8.71. The Morgan fingerprint density at radius 3 is 2.71 bits per heavy atom. The Labute approximate surface area is 175 Å². The average Bonchev–Trinajstić information content (AvgIpc) is 3.19. The van der Waals surface area contributed by atoms with E-state index in [-0.39, 0.29) is 17.5 Å². The smallest absolute Gasteiger partial charge is 0.271 e. The highest BCUT2D eigenvalue weighted by molar-refractivity contribution is 5.79. The lowest BCUT2D eigenvalue weighted by Crippen LogP contribution is -2.06. The predicted molar refractivity (Wildman–Crippen MR) is 110 cm³/mol. The third kappa shape index (κ3) is 4.41. The van der Waals surface area contributed by atoms with Gasteiger partial charge < -0.3 is 14.8 Å². The fourth-order valence-corrected chi connectivity index (χ4v) is 2.87. The van der Waals surface area contributed by atoms with E-state index in [0.717, 1.165) is 6.20 Å². The Balaban J connectivity index is 1.60. The summed E-state index contributed by atoms with van der Waals surface area (Å²) in [4.78, 5) is 22.9. The zero-order valence-corrected chi connectivity index (χ0v) is 16.4. The number of hydrogen-bond acceptors (Lipinski definition) is 8. The Morgan fingerprint density at radius 2 is 1.97 bits per heavy atom. The van der Waals surface area contributed by atoms with Crippen LogP contribution in [0.4, 0.5) is 21.7 Å². The zero-order valence-electron chi connectivity index (χ0n) is 16.4. The van der Waals surface area contributed by atoms with Gasteiger partial charge in [0.1, 0.15) is 18.7 Å². The maximum atomic E-state index is 14.5. The third-order valence-electron chi connectivity index (χ3n) is 4.36. The number of methoxy groups -OCH3 is 1. The van der Waals surface area contributed by atoms with Crippen molar-refractivity contribution in [2.75, 3.05) is 25.6 Å². The zero-order chi connectivity index (χ0) is 21.8. The molecular formula is C20H17FN6O4. The van der Waals surface area contributed by atoms with Gasteiger partial charge in [0.2, 0.25) is 5.95 Å². The van der Waals surface area contributed by atoms with Gasteiger partial charge in [0.25, 0.3) is 5.69 Å². The number of fused-ring (bicyclic) bond motifs is 1. The van der Waals surface area contributed by atoms with Crippen molar-refractivity contribution in [2.24, 2.45) is 0 Å². The molecule has 0 aliphatic carbocycles. The van der Waals surface area contributed by atoms with Crippen molar-refractivity contribution in [3.05, 3.63) is 70.9 Å². The number of hydrogen-bond donors (Lipinski definition) is 1. The van der Waals surface area contributed by atoms with Crippen molar-refractivity contribution in [1.82, 2.24) is 19.5 Å². The van der Waals surface area contributed by atoms with Gasteiger partial charge in [0, 0.05) is 24.9 Å². The van der Waals surface area contributed by atoms with Crippen LogP contribution in [0.15, 0.2) is 55.0 Å². The summed E-state index contributed by atoms with van der Waals surface area (Å²) in [5, 5.41) is 14.1. The van der Waals surface area contributed by atoms with E-state index in [1.807, 2.05) is 0 Å². The topological polar surface area (TPSA) is 117 Å². The molecule has 0 aliphatic heterocycles.